The summed E-state index contributed by atoms with van der Waals surface area (Å²) < 4.78 is 5.66. The van der Waals surface area contributed by atoms with E-state index in [2.05, 4.69) is 10.7 Å². The average Bonchev–Trinajstić information content (AvgIpc) is 3.33. The third kappa shape index (κ3) is 2.81. The third-order valence-corrected chi connectivity index (χ3v) is 5.27. The molecule has 0 aliphatic heterocycles. The van der Waals surface area contributed by atoms with Crippen LogP contribution in [0.3, 0.4) is 0 Å². The van der Waals surface area contributed by atoms with Gasteiger partial charge in [0.15, 0.2) is 5.76 Å². The van der Waals surface area contributed by atoms with E-state index in [1.54, 1.807) is 28.7 Å². The predicted octanol–water partition coefficient (Wildman–Crippen LogP) is 5.08. The number of benzene rings is 1. The Labute approximate surface area is 141 Å². The summed E-state index contributed by atoms with van der Waals surface area (Å²) in [6.45, 7) is 0. The van der Waals surface area contributed by atoms with Gasteiger partial charge in [0.05, 0.1) is 6.04 Å². The summed E-state index contributed by atoms with van der Waals surface area (Å²) in [6.07, 6.45) is 0. The van der Waals surface area contributed by atoms with Crippen molar-refractivity contribution in [3.05, 3.63) is 80.9 Å². The molecule has 0 aliphatic rings. The van der Waals surface area contributed by atoms with Gasteiger partial charge in [-0.25, -0.2) is 0 Å². The molecular formula is C18H13NO2S2. The summed E-state index contributed by atoms with van der Waals surface area (Å²) in [4.78, 5) is 13.7. The zero-order valence-corrected chi connectivity index (χ0v) is 13.7. The Morgan fingerprint density at radius 3 is 2.74 bits per heavy atom. The van der Waals surface area contributed by atoms with Gasteiger partial charge in [-0.05, 0) is 46.0 Å². The Hall–Kier alpha value is -2.37. The molecule has 4 rings (SSSR count). The number of hydrogen-bond donors (Lipinski definition) is 1. The van der Waals surface area contributed by atoms with Crippen LogP contribution in [0.1, 0.15) is 27.0 Å². The molecule has 3 aromatic heterocycles. The van der Waals surface area contributed by atoms with E-state index in [0.717, 1.165) is 21.4 Å². The number of para-hydroxylation sites is 1. The molecule has 5 heteroatoms. The minimum absolute atomic E-state index is 0.151. The van der Waals surface area contributed by atoms with Crippen molar-refractivity contribution < 1.29 is 9.21 Å². The molecule has 1 atom stereocenters. The molecule has 1 aromatic carbocycles. The van der Waals surface area contributed by atoms with Crippen LogP contribution in [0.2, 0.25) is 0 Å². The number of nitrogens with one attached hydrogen (secondary N) is 1. The van der Waals surface area contributed by atoms with Crippen molar-refractivity contribution in [3.8, 4) is 0 Å². The lowest BCUT2D eigenvalue weighted by molar-refractivity contribution is 0.0918. The highest BCUT2D eigenvalue weighted by Crippen LogP contribution is 2.28. The molecule has 0 radical (unpaired) electrons. The summed E-state index contributed by atoms with van der Waals surface area (Å²) in [7, 11) is 0. The van der Waals surface area contributed by atoms with Crippen molar-refractivity contribution in [1.82, 2.24) is 5.32 Å². The highest BCUT2D eigenvalue weighted by Gasteiger charge is 2.21. The van der Waals surface area contributed by atoms with Gasteiger partial charge >= 0.3 is 0 Å². The summed E-state index contributed by atoms with van der Waals surface area (Å²) in [5.41, 5.74) is 1.81. The van der Waals surface area contributed by atoms with Gasteiger partial charge in [-0.3, -0.25) is 4.79 Å². The van der Waals surface area contributed by atoms with Crippen LogP contribution in [-0.4, -0.2) is 5.91 Å². The molecule has 1 N–H and O–H groups in total. The molecule has 0 saturated heterocycles. The quantitative estimate of drug-likeness (QED) is 0.564. The van der Waals surface area contributed by atoms with E-state index in [1.807, 2.05) is 53.2 Å². The zero-order valence-electron chi connectivity index (χ0n) is 12.1. The van der Waals surface area contributed by atoms with Crippen molar-refractivity contribution in [2.75, 3.05) is 0 Å². The second kappa shape index (κ2) is 6.02. The summed E-state index contributed by atoms with van der Waals surface area (Å²) in [6, 6.07) is 15.3. The lowest BCUT2D eigenvalue weighted by Gasteiger charge is -2.15. The van der Waals surface area contributed by atoms with Crippen molar-refractivity contribution in [2.24, 2.45) is 0 Å². The van der Waals surface area contributed by atoms with Gasteiger partial charge in [0.25, 0.3) is 5.91 Å². The third-order valence-electron chi connectivity index (χ3n) is 3.63. The van der Waals surface area contributed by atoms with Gasteiger partial charge in [0.1, 0.15) is 5.58 Å². The normalized spacial score (nSPS) is 12.3. The molecule has 0 aliphatic carbocycles. The molecule has 0 unspecified atom stereocenters. The van der Waals surface area contributed by atoms with Gasteiger partial charge in [-0.2, -0.15) is 11.3 Å². The van der Waals surface area contributed by atoms with Gasteiger partial charge in [0, 0.05) is 10.3 Å². The molecule has 23 heavy (non-hydrogen) atoms. The van der Waals surface area contributed by atoms with E-state index in [1.165, 1.54) is 0 Å². The smallest absolute Gasteiger partial charge is 0.287 e. The molecule has 4 aromatic rings. The van der Waals surface area contributed by atoms with E-state index in [0.29, 0.717) is 5.76 Å². The number of hydrogen-bond acceptors (Lipinski definition) is 4. The summed E-state index contributed by atoms with van der Waals surface area (Å²) >= 11 is 3.25. The SMILES string of the molecule is O=C(N[C@H](c1ccsc1)c1cccs1)c1cc2ccccc2o1. The lowest BCUT2D eigenvalue weighted by Crippen LogP contribution is -2.28. The van der Waals surface area contributed by atoms with Gasteiger partial charge in [-0.15, -0.1) is 11.3 Å². The molecular weight excluding hydrogens is 326 g/mol. The van der Waals surface area contributed by atoms with Crippen LogP contribution in [0.25, 0.3) is 11.0 Å². The fourth-order valence-electron chi connectivity index (χ4n) is 2.51. The summed E-state index contributed by atoms with van der Waals surface area (Å²) in [5, 5.41) is 10.1. The number of carbonyl (C=O) groups excluding carboxylic acids is 1. The predicted molar refractivity (Wildman–Crippen MR) is 94.2 cm³/mol. The first-order valence-corrected chi connectivity index (χ1v) is 8.98. The Balaban J connectivity index is 1.65. The fraction of sp³-hybridized carbons (Fsp3) is 0.0556. The largest absolute Gasteiger partial charge is 0.451 e. The fourth-order valence-corrected chi connectivity index (χ4v) is 4.00. The van der Waals surface area contributed by atoms with Crippen molar-refractivity contribution in [1.29, 1.82) is 0 Å². The Morgan fingerprint density at radius 1 is 1.09 bits per heavy atom. The zero-order chi connectivity index (χ0) is 15.6. The molecule has 0 saturated carbocycles. The Morgan fingerprint density at radius 2 is 2.00 bits per heavy atom. The van der Waals surface area contributed by atoms with Gasteiger partial charge < -0.3 is 9.73 Å². The highest BCUT2D eigenvalue weighted by atomic mass is 32.1. The van der Waals surface area contributed by atoms with Crippen LogP contribution >= 0.6 is 22.7 Å². The van der Waals surface area contributed by atoms with E-state index in [9.17, 15) is 4.79 Å². The van der Waals surface area contributed by atoms with E-state index in [-0.39, 0.29) is 11.9 Å². The summed E-state index contributed by atoms with van der Waals surface area (Å²) in [5.74, 6) is 0.133. The standard InChI is InChI=1S/C18H13NO2S2/c20-18(15-10-12-4-1-2-5-14(12)21-15)19-17(13-7-9-22-11-13)16-6-3-8-23-16/h1-11,17H,(H,19,20)/t17-/m1/s1. The van der Waals surface area contributed by atoms with E-state index < -0.39 is 0 Å². The molecule has 0 spiro atoms. The minimum atomic E-state index is -0.203. The highest BCUT2D eigenvalue weighted by molar-refractivity contribution is 7.10. The molecule has 114 valence electrons. The van der Waals surface area contributed by atoms with Crippen LogP contribution in [-0.2, 0) is 0 Å². The number of furan rings is 1. The maximum atomic E-state index is 12.6. The van der Waals surface area contributed by atoms with Crippen molar-refractivity contribution >= 4 is 39.5 Å². The number of amides is 1. The maximum absolute atomic E-state index is 12.6. The van der Waals surface area contributed by atoms with E-state index in [4.69, 9.17) is 4.42 Å². The Bertz CT molecular complexity index is 856. The molecule has 0 fully saturated rings. The first-order valence-electron chi connectivity index (χ1n) is 7.16. The average molecular weight is 339 g/mol. The second-order valence-corrected chi connectivity index (χ2v) is 6.89. The van der Waals surface area contributed by atoms with Crippen molar-refractivity contribution in [3.63, 3.8) is 0 Å². The van der Waals surface area contributed by atoms with Crippen LogP contribution in [0.15, 0.2) is 69.1 Å². The molecule has 1 amide bonds. The lowest BCUT2D eigenvalue weighted by atomic mass is 10.1. The molecule has 3 heterocycles. The van der Waals surface area contributed by atoms with E-state index >= 15 is 0 Å². The van der Waals surface area contributed by atoms with Crippen LogP contribution < -0.4 is 5.32 Å². The van der Waals surface area contributed by atoms with Gasteiger partial charge in [-0.1, -0.05) is 24.3 Å². The molecule has 3 nitrogen and oxygen atoms in total. The topological polar surface area (TPSA) is 42.2 Å². The van der Waals surface area contributed by atoms with Gasteiger partial charge in [0.2, 0.25) is 0 Å². The number of thiophene rings is 2. The maximum Gasteiger partial charge on any atom is 0.287 e. The Kier molecular flexibility index (Phi) is 3.73. The van der Waals surface area contributed by atoms with Crippen LogP contribution in [0, 0.1) is 0 Å². The number of fused-ring (bicyclic) bond motifs is 1. The first kappa shape index (κ1) is 14.2. The minimum Gasteiger partial charge on any atom is -0.451 e. The molecule has 0 bridgehead atoms. The van der Waals surface area contributed by atoms with Crippen LogP contribution in [0.4, 0.5) is 0 Å². The first-order chi connectivity index (χ1) is 11.3. The van der Waals surface area contributed by atoms with Crippen LogP contribution in [0.5, 0.6) is 0 Å². The number of rotatable bonds is 4. The second-order valence-electron chi connectivity index (χ2n) is 5.13. The monoisotopic (exact) mass is 339 g/mol. The van der Waals surface area contributed by atoms with Crippen molar-refractivity contribution in [2.45, 2.75) is 6.04 Å². The number of carbonyl (C=O) groups is 1.